The average Bonchev–Trinajstić information content (AvgIpc) is 3.15. The monoisotopic (exact) mass is 490 g/mol. The van der Waals surface area contributed by atoms with Gasteiger partial charge in [-0.3, -0.25) is 0 Å². The van der Waals surface area contributed by atoms with Crippen LogP contribution in [0.1, 0.15) is 34.8 Å². The molecule has 2 unspecified atom stereocenters. The number of hydrogen-bond acceptors (Lipinski definition) is 4. The highest BCUT2D eigenvalue weighted by Gasteiger charge is 2.62. The summed E-state index contributed by atoms with van der Waals surface area (Å²) in [7, 11) is 1.41. The third-order valence-electron chi connectivity index (χ3n) is 5.20. The Bertz CT molecular complexity index is 1040. The predicted octanol–water partition coefficient (Wildman–Crippen LogP) is 5.84. The van der Waals surface area contributed by atoms with Crippen molar-refractivity contribution >= 4 is 35.0 Å². The van der Waals surface area contributed by atoms with E-state index in [0.717, 1.165) is 17.7 Å². The molecule has 0 radical (unpaired) electrons. The number of oxime groups is 1. The summed E-state index contributed by atoms with van der Waals surface area (Å²) < 4.78 is 47.9. The van der Waals surface area contributed by atoms with Crippen LogP contribution in [0.5, 0.6) is 0 Å². The molecule has 0 fully saturated rings. The van der Waals surface area contributed by atoms with E-state index in [-0.39, 0.29) is 27.9 Å². The van der Waals surface area contributed by atoms with Gasteiger partial charge >= 0.3 is 12.3 Å². The minimum atomic E-state index is -4.81. The fraction of sp³-hybridized carbons (Fsp3) is 0.333. The van der Waals surface area contributed by atoms with E-state index in [0.29, 0.717) is 11.1 Å². The number of carbonyl (C=O) groups is 1. The van der Waals surface area contributed by atoms with Crippen LogP contribution in [-0.4, -0.2) is 36.7 Å². The van der Waals surface area contributed by atoms with Gasteiger partial charge in [0.1, 0.15) is 0 Å². The summed E-state index contributed by atoms with van der Waals surface area (Å²) in [4.78, 5) is 15.9. The summed E-state index contributed by atoms with van der Waals surface area (Å²) in [6.45, 7) is 1.75. The Balaban J connectivity index is 1.97. The van der Waals surface area contributed by atoms with Gasteiger partial charge in [0.2, 0.25) is 0 Å². The number of carboxylic acid groups (broad SMARTS) is 1. The smallest absolute Gasteiger partial charge is 0.435 e. The van der Waals surface area contributed by atoms with Crippen LogP contribution < -0.4 is 5.32 Å². The van der Waals surface area contributed by atoms with Crippen LogP contribution in [0.15, 0.2) is 41.6 Å². The fourth-order valence-electron chi connectivity index (χ4n) is 3.51. The first kappa shape index (κ1) is 24.2. The van der Waals surface area contributed by atoms with E-state index in [1.54, 1.807) is 25.1 Å². The molecule has 1 aliphatic heterocycles. The highest BCUT2D eigenvalue weighted by molar-refractivity contribution is 6.34. The summed E-state index contributed by atoms with van der Waals surface area (Å²) in [5.41, 5.74) is -1.15. The van der Waals surface area contributed by atoms with Gasteiger partial charge in [-0.2, -0.15) is 13.2 Å². The van der Waals surface area contributed by atoms with Crippen LogP contribution in [0.25, 0.3) is 0 Å². The lowest BCUT2D eigenvalue weighted by Crippen LogP contribution is -2.42. The molecule has 0 spiro atoms. The van der Waals surface area contributed by atoms with E-state index in [1.165, 1.54) is 13.2 Å². The number of nitrogens with zero attached hydrogens (tertiary/aromatic N) is 1. The lowest BCUT2D eigenvalue weighted by Gasteiger charge is -2.29. The third kappa shape index (κ3) is 4.79. The van der Waals surface area contributed by atoms with Gasteiger partial charge in [0.05, 0.1) is 18.4 Å². The van der Waals surface area contributed by atoms with Gasteiger partial charge in [0.25, 0.3) is 5.60 Å². The molecule has 6 nitrogen and oxygen atoms in total. The second-order valence-corrected chi connectivity index (χ2v) is 8.14. The maximum atomic E-state index is 14.2. The Labute approximate surface area is 191 Å². The number of ether oxygens (including phenoxy) is 1. The van der Waals surface area contributed by atoms with E-state index < -0.39 is 30.4 Å². The van der Waals surface area contributed by atoms with Crippen molar-refractivity contribution in [1.29, 1.82) is 0 Å². The zero-order valence-electron chi connectivity index (χ0n) is 17.0. The lowest BCUT2D eigenvalue weighted by molar-refractivity contribution is -0.275. The van der Waals surface area contributed by atoms with E-state index in [4.69, 9.17) is 37.9 Å². The molecule has 172 valence electrons. The van der Waals surface area contributed by atoms with E-state index in [1.807, 2.05) is 0 Å². The van der Waals surface area contributed by atoms with Gasteiger partial charge in [0.15, 0.2) is 0 Å². The molecule has 1 amide bonds. The molecule has 0 aliphatic carbocycles. The molecule has 2 aromatic carbocycles. The number of methoxy groups -OCH3 is 1. The number of rotatable bonds is 6. The van der Waals surface area contributed by atoms with Crippen molar-refractivity contribution in [3.63, 3.8) is 0 Å². The van der Waals surface area contributed by atoms with Crippen molar-refractivity contribution in [2.75, 3.05) is 13.7 Å². The number of benzene rings is 2. The zero-order valence-corrected chi connectivity index (χ0v) is 18.5. The third-order valence-corrected chi connectivity index (χ3v) is 5.63. The van der Waals surface area contributed by atoms with Gasteiger partial charge in [-0.25, -0.2) is 4.79 Å². The van der Waals surface area contributed by atoms with Crippen LogP contribution in [0.3, 0.4) is 0 Å². The first-order valence-corrected chi connectivity index (χ1v) is 10.1. The molecule has 1 heterocycles. The molecule has 0 bridgehead atoms. The number of nitrogens with one attached hydrogen (secondary N) is 1. The Hall–Kier alpha value is -2.49. The maximum absolute atomic E-state index is 14.2. The summed E-state index contributed by atoms with van der Waals surface area (Å²) >= 11 is 11.9. The van der Waals surface area contributed by atoms with Crippen LogP contribution >= 0.6 is 23.2 Å². The number of halogens is 5. The summed E-state index contributed by atoms with van der Waals surface area (Å²) in [6, 6.07) is 8.57. The van der Waals surface area contributed by atoms with Crippen LogP contribution in [0, 0.1) is 6.92 Å². The second kappa shape index (κ2) is 9.17. The van der Waals surface area contributed by atoms with Crippen LogP contribution in [0.2, 0.25) is 10.0 Å². The van der Waals surface area contributed by atoms with Crippen molar-refractivity contribution in [3.8, 4) is 0 Å². The number of hydrogen-bond donors (Lipinski definition) is 2. The van der Waals surface area contributed by atoms with Crippen molar-refractivity contribution in [3.05, 3.63) is 68.7 Å². The first-order valence-electron chi connectivity index (χ1n) is 9.35. The Kier molecular flexibility index (Phi) is 6.92. The van der Waals surface area contributed by atoms with Crippen molar-refractivity contribution in [1.82, 2.24) is 5.32 Å². The number of alkyl halides is 3. The Morgan fingerprint density at radius 3 is 2.50 bits per heavy atom. The molecule has 0 saturated heterocycles. The van der Waals surface area contributed by atoms with Gasteiger partial charge < -0.3 is 20.0 Å². The van der Waals surface area contributed by atoms with Gasteiger partial charge in [-0.15, -0.1) is 0 Å². The minimum absolute atomic E-state index is 0.0351. The highest BCUT2D eigenvalue weighted by atomic mass is 35.5. The minimum Gasteiger partial charge on any atom is -0.465 e. The zero-order chi connectivity index (χ0) is 23.7. The van der Waals surface area contributed by atoms with E-state index in [2.05, 4.69) is 10.5 Å². The molecular formula is C21H19Cl2F3N2O4. The molecule has 2 aromatic rings. The Morgan fingerprint density at radius 1 is 1.28 bits per heavy atom. The molecule has 1 aliphatic rings. The molecule has 32 heavy (non-hydrogen) atoms. The van der Waals surface area contributed by atoms with E-state index in [9.17, 15) is 18.0 Å². The molecular weight excluding hydrogens is 472 g/mol. The number of amides is 1. The average molecular weight is 491 g/mol. The normalized spacial score (nSPS) is 19.3. The summed E-state index contributed by atoms with van der Waals surface area (Å²) in [5.74, 6) is 0. The SMILES string of the molecule is COC(CNC(=O)O)c1cc(C2=NOC(c3cc(Cl)cc(Cl)c3)(C(F)(F)F)C2)ccc1C. The second-order valence-electron chi connectivity index (χ2n) is 7.27. The summed E-state index contributed by atoms with van der Waals surface area (Å²) in [5, 5.41) is 14.9. The standard InChI is InChI=1S/C21H19Cl2F3N2O4/c1-11-3-4-12(5-16(11)18(31-2)10-27-19(29)30)17-9-20(32-28-17,21(24,25)26)13-6-14(22)8-15(23)7-13/h3-8,18,27H,9-10H2,1-2H3,(H,29,30). The lowest BCUT2D eigenvalue weighted by atomic mass is 9.86. The maximum Gasteiger partial charge on any atom is 0.435 e. The van der Waals surface area contributed by atoms with Crippen LogP contribution in [-0.2, 0) is 15.2 Å². The summed E-state index contributed by atoms with van der Waals surface area (Å²) in [6.07, 6.45) is -7.27. The number of aryl methyl sites for hydroxylation is 1. The topological polar surface area (TPSA) is 80.2 Å². The first-order chi connectivity index (χ1) is 15.0. The predicted molar refractivity (Wildman–Crippen MR) is 113 cm³/mol. The van der Waals surface area contributed by atoms with Gasteiger partial charge in [-0.05, 0) is 47.9 Å². The fourth-order valence-corrected chi connectivity index (χ4v) is 4.04. The van der Waals surface area contributed by atoms with Crippen molar-refractivity contribution in [2.24, 2.45) is 5.16 Å². The molecule has 11 heteroatoms. The van der Waals surface area contributed by atoms with Gasteiger partial charge in [0, 0.05) is 29.1 Å². The van der Waals surface area contributed by atoms with Crippen LogP contribution in [0.4, 0.5) is 18.0 Å². The molecule has 2 atom stereocenters. The van der Waals surface area contributed by atoms with E-state index >= 15 is 0 Å². The molecule has 3 rings (SSSR count). The molecule has 0 saturated carbocycles. The molecule has 0 aromatic heterocycles. The van der Waals surface area contributed by atoms with Crippen molar-refractivity contribution in [2.45, 2.75) is 31.2 Å². The van der Waals surface area contributed by atoms with Crippen molar-refractivity contribution < 1.29 is 32.6 Å². The quantitative estimate of drug-likeness (QED) is 0.532. The highest BCUT2D eigenvalue weighted by Crippen LogP contribution is 2.49. The van der Waals surface area contributed by atoms with Gasteiger partial charge in [-0.1, -0.05) is 40.5 Å². The largest absolute Gasteiger partial charge is 0.465 e. The Morgan fingerprint density at radius 2 is 1.94 bits per heavy atom. The molecule has 2 N–H and O–H groups in total.